The Hall–Kier alpha value is -2.24. The molecule has 154 valence electrons. The van der Waals surface area contributed by atoms with E-state index in [0.29, 0.717) is 19.0 Å². The van der Waals surface area contributed by atoms with Gasteiger partial charge in [-0.25, -0.2) is 4.79 Å². The largest absolute Gasteiger partial charge is 0.368 e. The maximum absolute atomic E-state index is 12.5. The first kappa shape index (κ1) is 20.5. The first-order valence-electron chi connectivity index (χ1n) is 10.7. The van der Waals surface area contributed by atoms with Crippen LogP contribution in [0.15, 0.2) is 18.2 Å². The average Bonchev–Trinajstić information content (AvgIpc) is 2.71. The molecule has 6 heteroatoms. The quantitative estimate of drug-likeness (QED) is 0.818. The summed E-state index contributed by atoms with van der Waals surface area (Å²) in [6.45, 7) is 7.87. The Morgan fingerprint density at radius 3 is 2.46 bits per heavy atom. The summed E-state index contributed by atoms with van der Waals surface area (Å²) in [6.07, 6.45) is 6.15. The zero-order chi connectivity index (χ0) is 19.9. The highest BCUT2D eigenvalue weighted by Gasteiger charge is 2.22. The Bertz CT molecular complexity index is 677. The minimum absolute atomic E-state index is 0.124. The zero-order valence-electron chi connectivity index (χ0n) is 17.3. The maximum atomic E-state index is 12.5. The molecule has 2 fully saturated rings. The van der Waals surface area contributed by atoms with Crippen molar-refractivity contribution in [2.75, 3.05) is 37.6 Å². The van der Waals surface area contributed by atoms with E-state index in [4.69, 9.17) is 0 Å². The molecule has 2 aliphatic rings. The molecule has 1 heterocycles. The zero-order valence-corrected chi connectivity index (χ0v) is 17.3. The van der Waals surface area contributed by atoms with Gasteiger partial charge in [-0.3, -0.25) is 4.79 Å². The average molecular weight is 387 g/mol. The molecule has 1 saturated carbocycles. The van der Waals surface area contributed by atoms with Crippen molar-refractivity contribution in [3.8, 4) is 0 Å². The number of nitrogens with one attached hydrogen (secondary N) is 2. The van der Waals surface area contributed by atoms with Crippen LogP contribution in [0.25, 0.3) is 0 Å². The molecular weight excluding hydrogens is 352 g/mol. The molecule has 0 radical (unpaired) electrons. The van der Waals surface area contributed by atoms with Gasteiger partial charge in [0, 0.05) is 50.9 Å². The van der Waals surface area contributed by atoms with Crippen LogP contribution >= 0.6 is 0 Å². The summed E-state index contributed by atoms with van der Waals surface area (Å²) in [7, 11) is 0. The van der Waals surface area contributed by atoms with Gasteiger partial charge in [-0.05, 0) is 43.9 Å². The molecule has 3 amide bonds. The molecule has 1 aliphatic carbocycles. The first-order chi connectivity index (χ1) is 13.5. The molecule has 0 atom stereocenters. The molecule has 2 N–H and O–H groups in total. The lowest BCUT2D eigenvalue weighted by Crippen LogP contribution is -2.50. The predicted molar refractivity (Wildman–Crippen MR) is 113 cm³/mol. The van der Waals surface area contributed by atoms with Crippen molar-refractivity contribution < 1.29 is 9.59 Å². The molecule has 1 aromatic carbocycles. The minimum Gasteiger partial charge on any atom is -0.368 e. The Balaban J connectivity index is 1.37. The molecule has 0 bridgehead atoms. The van der Waals surface area contributed by atoms with Crippen molar-refractivity contribution in [1.29, 1.82) is 0 Å². The third-order valence-corrected chi connectivity index (χ3v) is 6.11. The number of urea groups is 1. The highest BCUT2D eigenvalue weighted by Crippen LogP contribution is 2.24. The van der Waals surface area contributed by atoms with E-state index in [-0.39, 0.29) is 11.9 Å². The van der Waals surface area contributed by atoms with Gasteiger partial charge < -0.3 is 20.4 Å². The lowest BCUT2D eigenvalue weighted by atomic mass is 9.96. The van der Waals surface area contributed by atoms with E-state index in [1.165, 1.54) is 36.1 Å². The van der Waals surface area contributed by atoms with Gasteiger partial charge in [0.25, 0.3) is 0 Å². The van der Waals surface area contributed by atoms with Crippen LogP contribution < -0.4 is 15.5 Å². The summed E-state index contributed by atoms with van der Waals surface area (Å²) in [5, 5.41) is 5.86. The minimum atomic E-state index is -0.139. The van der Waals surface area contributed by atoms with E-state index >= 15 is 0 Å². The van der Waals surface area contributed by atoms with Crippen molar-refractivity contribution in [2.45, 2.75) is 58.4 Å². The standard InChI is InChI=1S/C22H34N4O2/c1-17-7-6-10-20(18(17)2)25-13-15-26(16-14-25)21(27)11-12-23-22(28)24-19-8-4-3-5-9-19/h6-7,10,19H,3-5,8-9,11-16H2,1-2H3,(H2,23,24,28). The molecule has 0 aromatic heterocycles. The van der Waals surface area contributed by atoms with Gasteiger partial charge >= 0.3 is 6.03 Å². The van der Waals surface area contributed by atoms with Crippen LogP contribution in [0.4, 0.5) is 10.5 Å². The number of hydrogen-bond acceptors (Lipinski definition) is 3. The van der Waals surface area contributed by atoms with Crippen molar-refractivity contribution in [1.82, 2.24) is 15.5 Å². The van der Waals surface area contributed by atoms with Crippen molar-refractivity contribution in [3.63, 3.8) is 0 Å². The fourth-order valence-electron chi connectivity index (χ4n) is 4.20. The third kappa shape index (κ3) is 5.40. The maximum Gasteiger partial charge on any atom is 0.315 e. The predicted octanol–water partition coefficient (Wildman–Crippen LogP) is 2.97. The fraction of sp³-hybridized carbons (Fsp3) is 0.636. The topological polar surface area (TPSA) is 64.7 Å². The third-order valence-electron chi connectivity index (χ3n) is 6.11. The van der Waals surface area contributed by atoms with Crippen molar-refractivity contribution in [2.24, 2.45) is 0 Å². The van der Waals surface area contributed by atoms with Crippen LogP contribution in [0.1, 0.15) is 49.7 Å². The fourth-order valence-corrected chi connectivity index (χ4v) is 4.20. The normalized spacial score (nSPS) is 18.1. The number of carbonyl (C=O) groups is 2. The van der Waals surface area contributed by atoms with E-state index in [1.54, 1.807) is 0 Å². The van der Waals surface area contributed by atoms with E-state index in [1.807, 2.05) is 4.90 Å². The van der Waals surface area contributed by atoms with E-state index in [2.05, 4.69) is 47.6 Å². The lowest BCUT2D eigenvalue weighted by molar-refractivity contribution is -0.131. The van der Waals surface area contributed by atoms with Crippen LogP contribution in [0.5, 0.6) is 0 Å². The van der Waals surface area contributed by atoms with Gasteiger partial charge in [0.05, 0.1) is 0 Å². The van der Waals surface area contributed by atoms with Crippen LogP contribution in [0.2, 0.25) is 0 Å². The molecule has 3 rings (SSSR count). The van der Waals surface area contributed by atoms with Crippen LogP contribution in [-0.2, 0) is 4.79 Å². The van der Waals surface area contributed by atoms with Crippen molar-refractivity contribution >= 4 is 17.6 Å². The Morgan fingerprint density at radius 1 is 1.04 bits per heavy atom. The van der Waals surface area contributed by atoms with Gasteiger partial charge in [-0.15, -0.1) is 0 Å². The molecule has 1 saturated heterocycles. The number of piperazine rings is 1. The number of rotatable bonds is 5. The molecular formula is C22H34N4O2. The number of amides is 3. The summed E-state index contributed by atoms with van der Waals surface area (Å²) >= 11 is 0. The van der Waals surface area contributed by atoms with Gasteiger partial charge in [0.2, 0.25) is 5.91 Å². The molecule has 28 heavy (non-hydrogen) atoms. The highest BCUT2D eigenvalue weighted by atomic mass is 16.2. The summed E-state index contributed by atoms with van der Waals surface area (Å²) in [5.74, 6) is 0.124. The summed E-state index contributed by atoms with van der Waals surface area (Å²) in [5.41, 5.74) is 3.89. The van der Waals surface area contributed by atoms with Crippen LogP contribution in [0.3, 0.4) is 0 Å². The number of benzene rings is 1. The monoisotopic (exact) mass is 386 g/mol. The SMILES string of the molecule is Cc1cccc(N2CCN(C(=O)CCNC(=O)NC3CCCCC3)CC2)c1C. The number of nitrogens with zero attached hydrogens (tertiary/aromatic N) is 2. The molecule has 1 aromatic rings. The first-order valence-corrected chi connectivity index (χ1v) is 10.7. The van der Waals surface area contributed by atoms with Gasteiger partial charge in [-0.2, -0.15) is 0 Å². The number of hydrogen-bond donors (Lipinski definition) is 2. The van der Waals surface area contributed by atoms with E-state index in [9.17, 15) is 9.59 Å². The number of anilines is 1. The van der Waals surface area contributed by atoms with Gasteiger partial charge in [-0.1, -0.05) is 31.4 Å². The Labute approximate surface area is 168 Å². The summed E-state index contributed by atoms with van der Waals surface area (Å²) in [4.78, 5) is 28.7. The van der Waals surface area contributed by atoms with E-state index < -0.39 is 0 Å². The Morgan fingerprint density at radius 2 is 1.75 bits per heavy atom. The van der Waals surface area contributed by atoms with E-state index in [0.717, 1.165) is 39.0 Å². The Kier molecular flexibility index (Phi) is 7.18. The molecule has 0 unspecified atom stereocenters. The van der Waals surface area contributed by atoms with Crippen LogP contribution in [-0.4, -0.2) is 55.6 Å². The smallest absolute Gasteiger partial charge is 0.315 e. The second-order valence-electron chi connectivity index (χ2n) is 8.07. The number of aryl methyl sites for hydroxylation is 1. The van der Waals surface area contributed by atoms with Crippen LogP contribution in [0, 0.1) is 13.8 Å². The lowest BCUT2D eigenvalue weighted by Gasteiger charge is -2.37. The van der Waals surface area contributed by atoms with Crippen molar-refractivity contribution in [3.05, 3.63) is 29.3 Å². The summed E-state index contributed by atoms with van der Waals surface area (Å²) in [6, 6.07) is 6.55. The second kappa shape index (κ2) is 9.80. The number of carbonyl (C=O) groups excluding carboxylic acids is 2. The molecule has 1 aliphatic heterocycles. The molecule has 0 spiro atoms. The summed E-state index contributed by atoms with van der Waals surface area (Å²) < 4.78 is 0. The second-order valence-corrected chi connectivity index (χ2v) is 8.07. The van der Waals surface area contributed by atoms with Gasteiger partial charge in [0.1, 0.15) is 0 Å². The molecule has 6 nitrogen and oxygen atoms in total. The van der Waals surface area contributed by atoms with Gasteiger partial charge in [0.15, 0.2) is 0 Å². The highest BCUT2D eigenvalue weighted by molar-refractivity contribution is 5.78.